The van der Waals surface area contributed by atoms with Crippen molar-refractivity contribution in [3.63, 3.8) is 0 Å². The molecule has 0 saturated carbocycles. The molecule has 0 amide bonds. The highest BCUT2D eigenvalue weighted by molar-refractivity contribution is 5.50. The Kier molecular flexibility index (Phi) is 8.07. The fourth-order valence-electron chi connectivity index (χ4n) is 2.93. The van der Waals surface area contributed by atoms with Crippen LogP contribution >= 0.6 is 0 Å². The van der Waals surface area contributed by atoms with Crippen LogP contribution in [0.3, 0.4) is 0 Å². The highest BCUT2D eigenvalue weighted by atomic mass is 15.1. The molecule has 0 spiro atoms. The number of nitrogens with zero attached hydrogens (tertiary/aromatic N) is 1. The minimum atomic E-state index is 0.910. The molecule has 0 fully saturated rings. The molecule has 28 heavy (non-hydrogen) atoms. The van der Waals surface area contributed by atoms with Gasteiger partial charge in [0.25, 0.3) is 0 Å². The monoisotopic (exact) mass is 365 g/mol. The maximum Gasteiger partial charge on any atom is 0.0173 e. The molecule has 0 aliphatic carbocycles. The Labute approximate surface area is 169 Å². The molecular formula is C27H27N. The largest absolute Gasteiger partial charge is 0.292 e. The molecule has 0 aliphatic heterocycles. The van der Waals surface area contributed by atoms with Gasteiger partial charge in [0.2, 0.25) is 0 Å². The van der Waals surface area contributed by atoms with E-state index in [0.717, 1.165) is 19.6 Å². The summed E-state index contributed by atoms with van der Waals surface area (Å²) < 4.78 is 0. The minimum Gasteiger partial charge on any atom is -0.292 e. The zero-order chi connectivity index (χ0) is 19.3. The van der Waals surface area contributed by atoms with E-state index < -0.39 is 0 Å². The van der Waals surface area contributed by atoms with E-state index in [-0.39, 0.29) is 0 Å². The van der Waals surface area contributed by atoms with E-state index in [1.165, 1.54) is 16.7 Å². The van der Waals surface area contributed by atoms with Crippen LogP contribution < -0.4 is 0 Å². The second kappa shape index (κ2) is 11.5. The van der Waals surface area contributed by atoms with Crippen molar-refractivity contribution in [2.75, 3.05) is 19.6 Å². The van der Waals surface area contributed by atoms with Gasteiger partial charge in [-0.1, -0.05) is 127 Å². The maximum atomic E-state index is 2.42. The summed E-state index contributed by atoms with van der Waals surface area (Å²) in [6.07, 6.45) is 13.3. The SMILES string of the molecule is C(=C\c1ccccc1)/CN(C/C=C/c1ccccc1)C/C=C/c1ccccc1. The van der Waals surface area contributed by atoms with Gasteiger partial charge < -0.3 is 0 Å². The lowest BCUT2D eigenvalue weighted by Gasteiger charge is -2.16. The third-order valence-corrected chi connectivity index (χ3v) is 4.42. The second-order valence-corrected chi connectivity index (χ2v) is 6.66. The molecule has 1 nitrogen and oxygen atoms in total. The fourth-order valence-corrected chi connectivity index (χ4v) is 2.93. The van der Waals surface area contributed by atoms with Gasteiger partial charge >= 0.3 is 0 Å². The van der Waals surface area contributed by atoms with Crippen molar-refractivity contribution in [1.82, 2.24) is 4.90 Å². The summed E-state index contributed by atoms with van der Waals surface area (Å²) in [5, 5.41) is 0. The standard InChI is InChI=1S/C27H27N/c1-4-13-25(14-5-1)19-10-22-28(23-11-20-26-15-6-2-7-16-26)24-12-21-27-17-8-3-9-18-27/h1-21H,22-24H2/b19-10+,20-11+,21-12+. The summed E-state index contributed by atoms with van der Waals surface area (Å²) in [5.74, 6) is 0. The summed E-state index contributed by atoms with van der Waals surface area (Å²) in [6.45, 7) is 2.73. The second-order valence-electron chi connectivity index (χ2n) is 6.66. The predicted molar refractivity (Wildman–Crippen MR) is 123 cm³/mol. The van der Waals surface area contributed by atoms with Crippen molar-refractivity contribution in [2.45, 2.75) is 0 Å². The molecule has 0 aromatic heterocycles. The van der Waals surface area contributed by atoms with E-state index in [2.05, 4.69) is 114 Å². The number of hydrogen-bond donors (Lipinski definition) is 0. The topological polar surface area (TPSA) is 3.24 Å². The van der Waals surface area contributed by atoms with E-state index in [4.69, 9.17) is 0 Å². The van der Waals surface area contributed by atoms with E-state index >= 15 is 0 Å². The van der Waals surface area contributed by atoms with Crippen LogP contribution in [-0.4, -0.2) is 24.5 Å². The molecule has 140 valence electrons. The summed E-state index contributed by atoms with van der Waals surface area (Å²) in [5.41, 5.74) is 3.71. The molecule has 0 aliphatic rings. The van der Waals surface area contributed by atoms with E-state index in [1.54, 1.807) is 0 Å². The normalized spacial score (nSPS) is 11.9. The van der Waals surface area contributed by atoms with Crippen LogP contribution in [0.25, 0.3) is 18.2 Å². The Morgan fingerprint density at radius 1 is 0.429 bits per heavy atom. The molecule has 3 aromatic rings. The quantitative estimate of drug-likeness (QED) is 0.422. The first-order valence-corrected chi connectivity index (χ1v) is 9.77. The van der Waals surface area contributed by atoms with Gasteiger partial charge in [-0.25, -0.2) is 0 Å². The van der Waals surface area contributed by atoms with Crippen LogP contribution in [0.5, 0.6) is 0 Å². The third-order valence-electron chi connectivity index (χ3n) is 4.42. The van der Waals surface area contributed by atoms with Gasteiger partial charge in [0.15, 0.2) is 0 Å². The molecule has 0 bridgehead atoms. The van der Waals surface area contributed by atoms with Gasteiger partial charge in [-0.2, -0.15) is 0 Å². The lowest BCUT2D eigenvalue weighted by atomic mass is 10.2. The smallest absolute Gasteiger partial charge is 0.0173 e. The first-order valence-electron chi connectivity index (χ1n) is 9.77. The van der Waals surface area contributed by atoms with Crippen molar-refractivity contribution in [3.8, 4) is 0 Å². The average molecular weight is 366 g/mol. The highest BCUT2D eigenvalue weighted by Crippen LogP contribution is 2.05. The van der Waals surface area contributed by atoms with Gasteiger partial charge in [0.1, 0.15) is 0 Å². The van der Waals surface area contributed by atoms with Crippen molar-refractivity contribution < 1.29 is 0 Å². The number of hydrogen-bond acceptors (Lipinski definition) is 1. The Hall–Kier alpha value is -3.16. The van der Waals surface area contributed by atoms with Crippen LogP contribution in [0.1, 0.15) is 16.7 Å². The van der Waals surface area contributed by atoms with Crippen LogP contribution in [0.15, 0.2) is 109 Å². The van der Waals surface area contributed by atoms with Gasteiger partial charge in [0, 0.05) is 19.6 Å². The van der Waals surface area contributed by atoms with Crippen molar-refractivity contribution >= 4 is 18.2 Å². The number of benzene rings is 3. The van der Waals surface area contributed by atoms with Crippen LogP contribution in [0, 0.1) is 0 Å². The molecule has 0 atom stereocenters. The van der Waals surface area contributed by atoms with Gasteiger partial charge in [-0.15, -0.1) is 0 Å². The lowest BCUT2D eigenvalue weighted by molar-refractivity contribution is 0.374. The molecule has 0 unspecified atom stereocenters. The van der Waals surface area contributed by atoms with E-state index in [1.807, 2.05) is 18.2 Å². The first kappa shape index (κ1) is 19.6. The molecule has 0 saturated heterocycles. The summed E-state index contributed by atoms with van der Waals surface area (Å²) in [6, 6.07) is 31.4. The fraction of sp³-hybridized carbons (Fsp3) is 0.111. The van der Waals surface area contributed by atoms with Gasteiger partial charge in [0.05, 0.1) is 0 Å². The molecule has 0 heterocycles. The van der Waals surface area contributed by atoms with Crippen LogP contribution in [0.4, 0.5) is 0 Å². The summed E-state index contributed by atoms with van der Waals surface area (Å²) in [4.78, 5) is 2.42. The van der Waals surface area contributed by atoms with Crippen LogP contribution in [-0.2, 0) is 0 Å². The zero-order valence-electron chi connectivity index (χ0n) is 16.2. The van der Waals surface area contributed by atoms with Crippen molar-refractivity contribution in [1.29, 1.82) is 0 Å². The molecule has 1 heteroatoms. The molecular weight excluding hydrogens is 338 g/mol. The van der Waals surface area contributed by atoms with Crippen molar-refractivity contribution in [3.05, 3.63) is 126 Å². The van der Waals surface area contributed by atoms with Crippen LogP contribution in [0.2, 0.25) is 0 Å². The predicted octanol–water partition coefficient (Wildman–Crippen LogP) is 6.43. The Balaban J connectivity index is 1.59. The summed E-state index contributed by atoms with van der Waals surface area (Å²) >= 11 is 0. The lowest BCUT2D eigenvalue weighted by Crippen LogP contribution is -2.24. The number of rotatable bonds is 9. The zero-order valence-corrected chi connectivity index (χ0v) is 16.2. The third kappa shape index (κ3) is 7.22. The van der Waals surface area contributed by atoms with Gasteiger partial charge in [-0.3, -0.25) is 4.90 Å². The Morgan fingerprint density at radius 2 is 0.714 bits per heavy atom. The molecule has 0 radical (unpaired) electrons. The van der Waals surface area contributed by atoms with Gasteiger partial charge in [-0.05, 0) is 16.7 Å². The van der Waals surface area contributed by atoms with E-state index in [9.17, 15) is 0 Å². The average Bonchev–Trinajstić information content (AvgIpc) is 2.76. The van der Waals surface area contributed by atoms with Crippen molar-refractivity contribution in [2.24, 2.45) is 0 Å². The Bertz CT molecular complexity index is 755. The molecule has 3 aromatic carbocycles. The molecule has 3 rings (SSSR count). The first-order chi connectivity index (χ1) is 13.9. The van der Waals surface area contributed by atoms with E-state index in [0.29, 0.717) is 0 Å². The summed E-state index contributed by atoms with van der Waals surface area (Å²) in [7, 11) is 0. The Morgan fingerprint density at radius 3 is 1.00 bits per heavy atom. The minimum absolute atomic E-state index is 0.910. The highest BCUT2D eigenvalue weighted by Gasteiger charge is 1.98. The molecule has 0 N–H and O–H groups in total. The maximum absolute atomic E-state index is 2.42.